The fourth-order valence-corrected chi connectivity index (χ4v) is 1.61. The normalized spacial score (nSPS) is 11.4. The Morgan fingerprint density at radius 2 is 2.37 bits per heavy atom. The van der Waals surface area contributed by atoms with Gasteiger partial charge in [-0.15, -0.1) is 10.2 Å². The van der Waals surface area contributed by atoms with Gasteiger partial charge in [-0.05, 0) is 23.4 Å². The van der Waals surface area contributed by atoms with E-state index >= 15 is 0 Å². The average Bonchev–Trinajstić information content (AvgIpc) is 3.10. The second-order valence-corrected chi connectivity index (χ2v) is 3.72. The number of H-pyrrole nitrogens is 2. The third-order valence-corrected chi connectivity index (χ3v) is 2.53. The van der Waals surface area contributed by atoms with Crippen LogP contribution in [0.4, 0.5) is 5.69 Å². The highest BCUT2D eigenvalue weighted by Gasteiger charge is 2.05. The molecule has 0 saturated carbocycles. The van der Waals surface area contributed by atoms with E-state index in [1.54, 1.807) is 6.20 Å². The Bertz CT molecular complexity index is 761. The zero-order valence-corrected chi connectivity index (χ0v) is 9.62. The van der Waals surface area contributed by atoms with E-state index in [-0.39, 0.29) is 5.82 Å². The van der Waals surface area contributed by atoms with E-state index in [1.807, 2.05) is 24.3 Å². The maximum atomic E-state index is 9.02. The van der Waals surface area contributed by atoms with Gasteiger partial charge < -0.3 is 5.32 Å². The van der Waals surface area contributed by atoms with Gasteiger partial charge in [-0.3, -0.25) is 5.10 Å². The van der Waals surface area contributed by atoms with Crippen LogP contribution in [0, 0.1) is 11.3 Å². The van der Waals surface area contributed by atoms with E-state index in [4.69, 9.17) is 5.26 Å². The van der Waals surface area contributed by atoms with E-state index in [9.17, 15) is 0 Å². The van der Waals surface area contributed by atoms with Crippen LogP contribution >= 0.6 is 0 Å². The number of hydrogen-bond donors (Lipinski definition) is 3. The van der Waals surface area contributed by atoms with E-state index in [0.717, 1.165) is 16.6 Å². The molecule has 0 saturated heterocycles. The number of anilines is 1. The summed E-state index contributed by atoms with van der Waals surface area (Å²) in [5, 5.41) is 33.1. The third-order valence-electron chi connectivity index (χ3n) is 2.53. The molecule has 0 unspecified atom stereocenters. The van der Waals surface area contributed by atoms with Crippen LogP contribution in [0.15, 0.2) is 30.6 Å². The summed E-state index contributed by atoms with van der Waals surface area (Å²) >= 11 is 0. The lowest BCUT2D eigenvalue weighted by atomic mass is 10.2. The fraction of sp³-hybridized carbons (Fsp3) is 0. The van der Waals surface area contributed by atoms with E-state index in [0.29, 0.717) is 5.57 Å². The van der Waals surface area contributed by atoms with Crippen LogP contribution in [0.25, 0.3) is 16.5 Å². The Hall–Kier alpha value is -3.21. The van der Waals surface area contributed by atoms with Gasteiger partial charge in [-0.1, -0.05) is 0 Å². The molecule has 0 amide bonds. The molecule has 3 aromatic rings. The number of hydrogen-bond acceptors (Lipinski definition) is 6. The highest BCUT2D eigenvalue weighted by atomic mass is 15.5. The van der Waals surface area contributed by atoms with Crippen LogP contribution in [-0.2, 0) is 0 Å². The minimum atomic E-state index is 0.248. The molecule has 0 atom stereocenters. The predicted molar refractivity (Wildman–Crippen MR) is 67.5 cm³/mol. The van der Waals surface area contributed by atoms with E-state index in [2.05, 4.69) is 36.1 Å². The molecule has 3 rings (SSSR count). The Morgan fingerprint density at radius 3 is 3.16 bits per heavy atom. The second kappa shape index (κ2) is 4.58. The molecule has 8 nitrogen and oxygen atoms in total. The summed E-state index contributed by atoms with van der Waals surface area (Å²) in [6.45, 7) is 0. The SMILES string of the molecule is N#CC(=CNc1ccc2cn[nH]c2c1)c1nn[nH]n1. The molecule has 0 spiro atoms. The number of aromatic nitrogens is 6. The van der Waals surface area contributed by atoms with E-state index < -0.39 is 0 Å². The van der Waals surface area contributed by atoms with Gasteiger partial charge in [0.1, 0.15) is 11.6 Å². The minimum absolute atomic E-state index is 0.248. The molecule has 0 fully saturated rings. The highest BCUT2D eigenvalue weighted by Crippen LogP contribution is 2.17. The smallest absolute Gasteiger partial charge is 0.216 e. The molecule has 0 aliphatic carbocycles. The maximum Gasteiger partial charge on any atom is 0.216 e. The molecule has 0 radical (unpaired) electrons. The number of benzene rings is 1. The molecule has 2 aromatic heterocycles. The van der Waals surface area contributed by atoms with Crippen molar-refractivity contribution in [3.8, 4) is 6.07 Å². The summed E-state index contributed by atoms with van der Waals surface area (Å²) in [7, 11) is 0. The molecule has 0 aliphatic heterocycles. The minimum Gasteiger partial charge on any atom is -0.360 e. The Morgan fingerprint density at radius 1 is 1.42 bits per heavy atom. The first-order chi connectivity index (χ1) is 9.36. The maximum absolute atomic E-state index is 9.02. The van der Waals surface area contributed by atoms with Crippen LogP contribution in [-0.4, -0.2) is 30.8 Å². The number of aromatic amines is 2. The standard InChI is InChI=1S/C11H8N8/c12-4-8(11-16-18-19-17-11)5-13-9-2-1-7-6-14-15-10(7)3-9/h1-3,5-6,13H,(H,14,15)(H,16,17,18,19). The molecule has 3 N–H and O–H groups in total. The highest BCUT2D eigenvalue weighted by molar-refractivity contribution is 5.82. The Labute approximate surface area is 107 Å². The Kier molecular flexibility index (Phi) is 2.63. The summed E-state index contributed by atoms with van der Waals surface area (Å²) < 4.78 is 0. The van der Waals surface area contributed by atoms with E-state index in [1.165, 1.54) is 6.20 Å². The van der Waals surface area contributed by atoms with Crippen molar-refractivity contribution in [3.05, 3.63) is 36.4 Å². The van der Waals surface area contributed by atoms with Gasteiger partial charge >= 0.3 is 0 Å². The van der Waals surface area contributed by atoms with Crippen LogP contribution in [0.5, 0.6) is 0 Å². The number of nitrogens with zero attached hydrogens (tertiary/aromatic N) is 5. The molecule has 92 valence electrons. The average molecular weight is 252 g/mol. The first-order valence-electron chi connectivity index (χ1n) is 5.40. The number of rotatable bonds is 3. The molecular formula is C11H8N8. The van der Waals surface area contributed by atoms with Crippen LogP contribution < -0.4 is 5.32 Å². The van der Waals surface area contributed by atoms with Crippen LogP contribution in [0.1, 0.15) is 5.82 Å². The van der Waals surface area contributed by atoms with Gasteiger partial charge in [0.2, 0.25) is 5.82 Å². The lowest BCUT2D eigenvalue weighted by molar-refractivity contribution is 0.881. The van der Waals surface area contributed by atoms with Crippen LogP contribution in [0.2, 0.25) is 0 Å². The van der Waals surface area contributed by atoms with Crippen molar-refractivity contribution < 1.29 is 0 Å². The summed E-state index contributed by atoms with van der Waals surface area (Å²) in [6.07, 6.45) is 3.28. The molecule has 19 heavy (non-hydrogen) atoms. The zero-order chi connectivity index (χ0) is 13.1. The van der Waals surface area contributed by atoms with Crippen molar-refractivity contribution in [1.29, 1.82) is 5.26 Å². The van der Waals surface area contributed by atoms with Crippen molar-refractivity contribution in [1.82, 2.24) is 30.8 Å². The summed E-state index contributed by atoms with van der Waals surface area (Å²) in [5.41, 5.74) is 2.03. The molecule has 1 aromatic carbocycles. The number of nitriles is 1. The quantitative estimate of drug-likeness (QED) is 0.599. The first-order valence-corrected chi connectivity index (χ1v) is 5.40. The van der Waals surface area contributed by atoms with Gasteiger partial charge in [-0.25, -0.2) is 0 Å². The lowest BCUT2D eigenvalue weighted by Gasteiger charge is -2.00. The summed E-state index contributed by atoms with van der Waals surface area (Å²) in [6, 6.07) is 7.71. The number of allylic oxidation sites excluding steroid dienone is 1. The number of tetrazole rings is 1. The molecule has 0 aliphatic rings. The summed E-state index contributed by atoms with van der Waals surface area (Å²) in [4.78, 5) is 0. The lowest BCUT2D eigenvalue weighted by Crippen LogP contribution is -1.92. The topological polar surface area (TPSA) is 119 Å². The zero-order valence-electron chi connectivity index (χ0n) is 9.62. The number of nitrogens with one attached hydrogen (secondary N) is 3. The van der Waals surface area contributed by atoms with Gasteiger partial charge in [0.25, 0.3) is 0 Å². The van der Waals surface area contributed by atoms with Crippen molar-refractivity contribution in [3.63, 3.8) is 0 Å². The van der Waals surface area contributed by atoms with Gasteiger partial charge in [-0.2, -0.15) is 15.6 Å². The van der Waals surface area contributed by atoms with Gasteiger partial charge in [0.05, 0.1) is 11.7 Å². The molecular weight excluding hydrogens is 244 g/mol. The number of fused-ring (bicyclic) bond motifs is 1. The van der Waals surface area contributed by atoms with Crippen LogP contribution in [0.3, 0.4) is 0 Å². The van der Waals surface area contributed by atoms with Crippen molar-refractivity contribution in [2.75, 3.05) is 5.32 Å². The van der Waals surface area contributed by atoms with Gasteiger partial charge in [0.15, 0.2) is 0 Å². The second-order valence-electron chi connectivity index (χ2n) is 3.72. The fourth-order valence-electron chi connectivity index (χ4n) is 1.61. The third kappa shape index (κ3) is 2.12. The largest absolute Gasteiger partial charge is 0.360 e. The Balaban J connectivity index is 1.86. The predicted octanol–water partition coefficient (Wildman–Crippen LogP) is 1.05. The molecule has 2 heterocycles. The summed E-state index contributed by atoms with van der Waals surface area (Å²) in [5.74, 6) is 0.248. The van der Waals surface area contributed by atoms with Crippen molar-refractivity contribution in [2.24, 2.45) is 0 Å². The van der Waals surface area contributed by atoms with Crippen molar-refractivity contribution in [2.45, 2.75) is 0 Å². The first kappa shape index (κ1) is 10.9. The van der Waals surface area contributed by atoms with Crippen molar-refractivity contribution >= 4 is 22.2 Å². The molecule has 0 bridgehead atoms. The van der Waals surface area contributed by atoms with Gasteiger partial charge in [0, 0.05) is 17.3 Å². The molecule has 8 heteroatoms. The monoisotopic (exact) mass is 252 g/mol.